The second kappa shape index (κ2) is 9.71. The van der Waals surface area contributed by atoms with Crippen LogP contribution in [0.1, 0.15) is 28.7 Å². The lowest BCUT2D eigenvalue weighted by atomic mass is 9.77. The van der Waals surface area contributed by atoms with Crippen molar-refractivity contribution < 1.29 is 4.74 Å². The topological polar surface area (TPSA) is 64.9 Å². The van der Waals surface area contributed by atoms with Gasteiger partial charge in [0.25, 0.3) is 0 Å². The Balaban J connectivity index is 1.65. The first-order valence-electron chi connectivity index (χ1n) is 12.3. The molecule has 7 heteroatoms. The van der Waals surface area contributed by atoms with Crippen molar-refractivity contribution in [2.45, 2.75) is 18.4 Å². The van der Waals surface area contributed by atoms with E-state index in [4.69, 9.17) is 21.4 Å². The van der Waals surface area contributed by atoms with Crippen molar-refractivity contribution in [3.05, 3.63) is 124 Å². The number of nitrogens with one attached hydrogen (secondary N) is 1. The molecule has 6 nitrogen and oxygen atoms in total. The average molecular weight is 508 g/mol. The zero-order chi connectivity index (χ0) is 25.2. The number of aromatic nitrogens is 4. The van der Waals surface area contributed by atoms with Gasteiger partial charge in [-0.05, 0) is 46.4 Å². The quantitative estimate of drug-likeness (QED) is 0.277. The summed E-state index contributed by atoms with van der Waals surface area (Å²) in [7, 11) is 1.62. The van der Waals surface area contributed by atoms with Crippen molar-refractivity contribution in [2.24, 2.45) is 0 Å². The van der Waals surface area contributed by atoms with Gasteiger partial charge in [-0.2, -0.15) is 0 Å². The Hall–Kier alpha value is -4.16. The van der Waals surface area contributed by atoms with Gasteiger partial charge in [-0.1, -0.05) is 103 Å². The Morgan fingerprint density at radius 3 is 1.97 bits per heavy atom. The van der Waals surface area contributed by atoms with Crippen LogP contribution in [0.15, 0.2) is 97.1 Å². The summed E-state index contributed by atoms with van der Waals surface area (Å²) < 4.78 is 5.76. The van der Waals surface area contributed by atoms with E-state index in [2.05, 4.69) is 52.0 Å². The minimum Gasteiger partial charge on any atom is -0.494 e. The second-order valence-electron chi connectivity index (χ2n) is 9.04. The van der Waals surface area contributed by atoms with Gasteiger partial charge in [0.15, 0.2) is 11.3 Å². The predicted molar refractivity (Wildman–Crippen MR) is 146 cm³/mol. The molecule has 1 aliphatic heterocycles. The Labute approximate surface area is 220 Å². The zero-order valence-corrected chi connectivity index (χ0v) is 21.2. The number of benzene rings is 4. The number of halogens is 1. The fourth-order valence-corrected chi connectivity index (χ4v) is 5.63. The number of fused-ring (bicyclic) bond motifs is 1. The predicted octanol–water partition coefficient (Wildman–Crippen LogP) is 6.20. The van der Waals surface area contributed by atoms with E-state index in [9.17, 15) is 0 Å². The number of nitrogens with zero attached hydrogens (tertiary/aromatic N) is 4. The molecule has 37 heavy (non-hydrogen) atoms. The van der Waals surface area contributed by atoms with Gasteiger partial charge in [0.2, 0.25) is 5.82 Å². The smallest absolute Gasteiger partial charge is 0.210 e. The van der Waals surface area contributed by atoms with Crippen molar-refractivity contribution in [3.8, 4) is 17.1 Å². The van der Waals surface area contributed by atoms with Crippen molar-refractivity contribution in [1.82, 2.24) is 20.2 Å². The fourth-order valence-electron chi connectivity index (χ4n) is 5.33. The van der Waals surface area contributed by atoms with Crippen molar-refractivity contribution >= 4 is 17.3 Å². The summed E-state index contributed by atoms with van der Waals surface area (Å²) in [6, 6.07) is 32.8. The SMILES string of the molecule is COc1c(Cl)cc2c(c1-c1nnn(C(c3ccccc3)(c3ccccc3)c3ccccc3)n1)NCCC2. The van der Waals surface area contributed by atoms with Crippen molar-refractivity contribution in [1.29, 1.82) is 0 Å². The lowest BCUT2D eigenvalue weighted by Crippen LogP contribution is -2.39. The third-order valence-corrected chi connectivity index (χ3v) is 7.24. The summed E-state index contributed by atoms with van der Waals surface area (Å²) in [5.74, 6) is 0.997. The van der Waals surface area contributed by atoms with E-state index in [-0.39, 0.29) is 0 Å². The molecule has 0 atom stereocenters. The maximum atomic E-state index is 6.67. The van der Waals surface area contributed by atoms with Crippen molar-refractivity contribution in [3.63, 3.8) is 0 Å². The van der Waals surface area contributed by atoms with Gasteiger partial charge in [-0.3, -0.25) is 0 Å². The number of hydrogen-bond acceptors (Lipinski definition) is 5. The first-order valence-corrected chi connectivity index (χ1v) is 12.7. The average Bonchev–Trinajstić information content (AvgIpc) is 3.44. The van der Waals surface area contributed by atoms with Crippen LogP contribution in [0.4, 0.5) is 5.69 Å². The summed E-state index contributed by atoms with van der Waals surface area (Å²) >= 11 is 6.67. The standard InChI is InChI=1S/C30H26ClN5O/c1-37-28-25(31)20-21-12-11-19-32-27(21)26(28)29-33-35-36(34-29)30(22-13-5-2-6-14-22,23-15-7-3-8-16-23)24-17-9-4-10-18-24/h2-10,13-18,20,32H,11-12,19H2,1H3. The zero-order valence-electron chi connectivity index (χ0n) is 20.4. The fraction of sp³-hybridized carbons (Fsp3) is 0.167. The molecule has 2 heterocycles. The number of rotatable bonds is 6. The molecule has 1 aromatic heterocycles. The summed E-state index contributed by atoms with van der Waals surface area (Å²) in [5, 5.41) is 18.4. The minimum absolute atomic E-state index is 0.456. The van der Waals surface area contributed by atoms with Gasteiger partial charge in [-0.15, -0.1) is 15.0 Å². The van der Waals surface area contributed by atoms with Crippen LogP contribution in [-0.4, -0.2) is 33.9 Å². The summed E-state index contributed by atoms with van der Waals surface area (Å²) in [5.41, 5.74) is 5.03. The van der Waals surface area contributed by atoms with E-state index >= 15 is 0 Å². The summed E-state index contributed by atoms with van der Waals surface area (Å²) in [4.78, 5) is 1.72. The molecular weight excluding hydrogens is 482 g/mol. The Bertz CT molecular complexity index is 1420. The number of aryl methyl sites for hydroxylation is 1. The van der Waals surface area contributed by atoms with Gasteiger partial charge < -0.3 is 10.1 Å². The third kappa shape index (κ3) is 3.85. The first kappa shape index (κ1) is 23.3. The molecule has 0 aliphatic carbocycles. The highest BCUT2D eigenvalue weighted by molar-refractivity contribution is 6.33. The van der Waals surface area contributed by atoms with Gasteiger partial charge in [0.05, 0.1) is 23.4 Å². The lowest BCUT2D eigenvalue weighted by molar-refractivity contribution is 0.395. The molecule has 0 saturated carbocycles. The Morgan fingerprint density at radius 1 is 0.865 bits per heavy atom. The highest BCUT2D eigenvalue weighted by Crippen LogP contribution is 2.45. The largest absolute Gasteiger partial charge is 0.494 e. The van der Waals surface area contributed by atoms with Crippen LogP contribution in [0.5, 0.6) is 5.75 Å². The molecule has 6 rings (SSSR count). The minimum atomic E-state index is -0.853. The number of tetrazole rings is 1. The maximum absolute atomic E-state index is 6.67. The van der Waals surface area contributed by atoms with E-state index in [1.54, 1.807) is 11.9 Å². The van der Waals surface area contributed by atoms with Gasteiger partial charge in [0, 0.05) is 6.54 Å². The lowest BCUT2D eigenvalue weighted by Gasteiger charge is -2.34. The molecule has 184 valence electrons. The molecule has 4 aromatic carbocycles. The molecule has 0 radical (unpaired) electrons. The van der Waals surface area contributed by atoms with E-state index in [0.29, 0.717) is 16.6 Å². The third-order valence-electron chi connectivity index (χ3n) is 6.96. The Kier molecular flexibility index (Phi) is 6.10. The number of hydrogen-bond donors (Lipinski definition) is 1. The van der Waals surface area contributed by atoms with Crippen LogP contribution in [0, 0.1) is 0 Å². The van der Waals surface area contributed by atoms with E-state index in [0.717, 1.165) is 52.9 Å². The Morgan fingerprint density at radius 2 is 1.43 bits per heavy atom. The molecule has 5 aromatic rings. The molecule has 0 unspecified atom stereocenters. The first-order chi connectivity index (χ1) is 18.2. The summed E-state index contributed by atoms with van der Waals surface area (Å²) in [6.45, 7) is 0.862. The van der Waals surface area contributed by atoms with Crippen molar-refractivity contribution in [2.75, 3.05) is 19.0 Å². The van der Waals surface area contributed by atoms with Gasteiger partial charge in [0.1, 0.15) is 0 Å². The molecular formula is C30H26ClN5O. The van der Waals surface area contributed by atoms with E-state index in [1.807, 2.05) is 60.7 Å². The molecule has 0 amide bonds. The maximum Gasteiger partial charge on any atom is 0.210 e. The molecule has 0 fully saturated rings. The van der Waals surface area contributed by atoms with Gasteiger partial charge >= 0.3 is 0 Å². The summed E-state index contributed by atoms with van der Waals surface area (Å²) in [6.07, 6.45) is 1.96. The monoisotopic (exact) mass is 507 g/mol. The van der Waals surface area contributed by atoms with Gasteiger partial charge in [-0.25, -0.2) is 0 Å². The number of ether oxygens (including phenoxy) is 1. The highest BCUT2D eigenvalue weighted by atomic mass is 35.5. The molecule has 1 aliphatic rings. The van der Waals surface area contributed by atoms with Crippen LogP contribution < -0.4 is 10.1 Å². The molecule has 0 saturated heterocycles. The number of anilines is 1. The van der Waals surface area contributed by atoms with E-state index < -0.39 is 5.54 Å². The second-order valence-corrected chi connectivity index (χ2v) is 9.45. The van der Waals surface area contributed by atoms with Crippen LogP contribution in [-0.2, 0) is 12.0 Å². The molecule has 1 N–H and O–H groups in total. The number of methoxy groups -OCH3 is 1. The molecule has 0 bridgehead atoms. The molecule has 0 spiro atoms. The van der Waals surface area contributed by atoms with Crippen LogP contribution >= 0.6 is 11.6 Å². The normalized spacial score (nSPS) is 13.0. The van der Waals surface area contributed by atoms with E-state index in [1.165, 1.54) is 0 Å². The van der Waals surface area contributed by atoms with Crippen LogP contribution in [0.2, 0.25) is 5.02 Å². The van der Waals surface area contributed by atoms with Crippen LogP contribution in [0.25, 0.3) is 11.4 Å². The van der Waals surface area contributed by atoms with Crippen LogP contribution in [0.3, 0.4) is 0 Å². The highest BCUT2D eigenvalue weighted by Gasteiger charge is 2.41.